The monoisotopic (exact) mass is 233 g/mol. The highest BCUT2D eigenvalue weighted by Gasteiger charge is 2.17. The Labute approximate surface area is 104 Å². The second-order valence-corrected chi connectivity index (χ2v) is 6.11. The highest BCUT2D eigenvalue weighted by atomic mass is 16.1. The minimum Gasteiger partial charge on any atom is -0.299 e. The minimum absolute atomic E-state index is 0.292. The molecule has 1 unspecified atom stereocenters. The van der Waals surface area contributed by atoms with Gasteiger partial charge in [-0.3, -0.25) is 9.78 Å². The van der Waals surface area contributed by atoms with Gasteiger partial charge in [-0.05, 0) is 29.9 Å². The summed E-state index contributed by atoms with van der Waals surface area (Å²) in [4.78, 5) is 16.0. The number of hydrogen-bond donors (Lipinski definition) is 0. The van der Waals surface area contributed by atoms with Crippen LogP contribution in [-0.4, -0.2) is 10.8 Å². The molecule has 1 aromatic heterocycles. The first-order valence-corrected chi connectivity index (χ1v) is 6.28. The van der Waals surface area contributed by atoms with Crippen LogP contribution in [0.2, 0.25) is 0 Å². The molecule has 1 rings (SSSR count). The Morgan fingerprint density at radius 3 is 2.59 bits per heavy atom. The van der Waals surface area contributed by atoms with E-state index in [4.69, 9.17) is 0 Å². The van der Waals surface area contributed by atoms with Gasteiger partial charge in [0.2, 0.25) is 0 Å². The standard InChI is InChI=1S/C15H23NO/c1-12(11-15(2,3)4)9-14(17)10-13-7-5-6-8-16-13/h5-8,12H,9-11H2,1-4H3. The molecule has 0 radical (unpaired) electrons. The molecule has 0 saturated heterocycles. The van der Waals surface area contributed by atoms with Crippen LogP contribution < -0.4 is 0 Å². The van der Waals surface area contributed by atoms with Gasteiger partial charge < -0.3 is 0 Å². The molecule has 1 atom stereocenters. The SMILES string of the molecule is CC(CC(=O)Cc1ccccn1)CC(C)(C)C. The molecule has 94 valence electrons. The molecule has 0 aliphatic rings. The van der Waals surface area contributed by atoms with Gasteiger partial charge in [0.05, 0.1) is 0 Å². The van der Waals surface area contributed by atoms with E-state index in [1.165, 1.54) is 0 Å². The van der Waals surface area contributed by atoms with Crippen molar-refractivity contribution in [2.45, 2.75) is 47.0 Å². The normalized spacial score (nSPS) is 13.4. The highest BCUT2D eigenvalue weighted by Crippen LogP contribution is 2.26. The number of carbonyl (C=O) groups is 1. The molecule has 0 amide bonds. The fourth-order valence-electron chi connectivity index (χ4n) is 2.28. The van der Waals surface area contributed by atoms with Gasteiger partial charge in [0, 0.05) is 24.7 Å². The second kappa shape index (κ2) is 5.95. The maximum atomic E-state index is 11.9. The van der Waals surface area contributed by atoms with E-state index in [0.717, 1.165) is 12.1 Å². The Kier molecular flexibility index (Phi) is 4.86. The van der Waals surface area contributed by atoms with Crippen molar-refractivity contribution in [3.63, 3.8) is 0 Å². The van der Waals surface area contributed by atoms with Gasteiger partial charge in [0.1, 0.15) is 5.78 Å². The van der Waals surface area contributed by atoms with Crippen LogP contribution in [0.15, 0.2) is 24.4 Å². The average Bonchev–Trinajstić information content (AvgIpc) is 2.15. The molecule has 0 N–H and O–H groups in total. The highest BCUT2D eigenvalue weighted by molar-refractivity contribution is 5.80. The molecule has 1 heterocycles. The zero-order valence-corrected chi connectivity index (χ0v) is 11.4. The van der Waals surface area contributed by atoms with Crippen LogP contribution in [0.1, 0.15) is 46.2 Å². The van der Waals surface area contributed by atoms with Gasteiger partial charge >= 0.3 is 0 Å². The summed E-state index contributed by atoms with van der Waals surface area (Å²) in [7, 11) is 0. The first-order chi connectivity index (χ1) is 7.87. The van der Waals surface area contributed by atoms with Gasteiger partial charge in [-0.1, -0.05) is 33.8 Å². The van der Waals surface area contributed by atoms with E-state index in [9.17, 15) is 4.79 Å². The molecule has 0 aliphatic heterocycles. The van der Waals surface area contributed by atoms with Gasteiger partial charge in [0.15, 0.2) is 0 Å². The Morgan fingerprint density at radius 2 is 2.06 bits per heavy atom. The predicted octanol–water partition coefficient (Wildman–Crippen LogP) is 3.66. The molecular weight excluding hydrogens is 210 g/mol. The first-order valence-electron chi connectivity index (χ1n) is 6.28. The molecule has 2 heteroatoms. The molecule has 1 aromatic rings. The molecule has 0 aliphatic carbocycles. The fourth-order valence-corrected chi connectivity index (χ4v) is 2.28. The third-order valence-corrected chi connectivity index (χ3v) is 2.64. The number of rotatable bonds is 5. The lowest BCUT2D eigenvalue weighted by Gasteiger charge is -2.22. The van der Waals surface area contributed by atoms with Crippen molar-refractivity contribution in [3.05, 3.63) is 30.1 Å². The van der Waals surface area contributed by atoms with Crippen LogP contribution in [0, 0.1) is 11.3 Å². The Morgan fingerprint density at radius 1 is 1.35 bits per heavy atom. The molecule has 2 nitrogen and oxygen atoms in total. The van der Waals surface area contributed by atoms with E-state index in [1.807, 2.05) is 18.2 Å². The van der Waals surface area contributed by atoms with Crippen LogP contribution >= 0.6 is 0 Å². The lowest BCUT2D eigenvalue weighted by Crippen LogP contribution is -2.15. The molecular formula is C15H23NO. The molecule has 0 bridgehead atoms. The third-order valence-electron chi connectivity index (χ3n) is 2.64. The van der Waals surface area contributed by atoms with Crippen molar-refractivity contribution in [2.24, 2.45) is 11.3 Å². The van der Waals surface area contributed by atoms with Gasteiger partial charge in [0.25, 0.3) is 0 Å². The molecule has 0 fully saturated rings. The maximum Gasteiger partial charge on any atom is 0.139 e. The van der Waals surface area contributed by atoms with Crippen LogP contribution in [-0.2, 0) is 11.2 Å². The largest absolute Gasteiger partial charge is 0.299 e. The zero-order valence-electron chi connectivity index (χ0n) is 11.4. The Balaban J connectivity index is 2.40. The fraction of sp³-hybridized carbons (Fsp3) is 0.600. The number of ketones is 1. The number of nitrogens with zero attached hydrogens (tertiary/aromatic N) is 1. The molecule has 0 saturated carbocycles. The topological polar surface area (TPSA) is 30.0 Å². The first kappa shape index (κ1) is 13.9. The van der Waals surface area contributed by atoms with Crippen LogP contribution in [0.4, 0.5) is 0 Å². The van der Waals surface area contributed by atoms with E-state index < -0.39 is 0 Å². The summed E-state index contributed by atoms with van der Waals surface area (Å²) in [6.07, 6.45) is 3.95. The smallest absolute Gasteiger partial charge is 0.139 e. The van der Waals surface area contributed by atoms with Crippen molar-refractivity contribution in [1.29, 1.82) is 0 Å². The van der Waals surface area contributed by atoms with Gasteiger partial charge in [-0.2, -0.15) is 0 Å². The predicted molar refractivity (Wildman–Crippen MR) is 70.8 cm³/mol. The molecule has 17 heavy (non-hydrogen) atoms. The zero-order chi connectivity index (χ0) is 12.9. The van der Waals surface area contributed by atoms with Crippen LogP contribution in [0.5, 0.6) is 0 Å². The third kappa shape index (κ3) is 6.20. The van der Waals surface area contributed by atoms with Crippen molar-refractivity contribution >= 4 is 5.78 Å². The Hall–Kier alpha value is -1.18. The molecule has 0 spiro atoms. The van der Waals surface area contributed by atoms with Crippen molar-refractivity contribution in [1.82, 2.24) is 4.98 Å². The summed E-state index contributed by atoms with van der Waals surface area (Å²) < 4.78 is 0. The minimum atomic E-state index is 0.292. The van der Waals surface area contributed by atoms with Crippen LogP contribution in [0.3, 0.4) is 0 Å². The maximum absolute atomic E-state index is 11.9. The summed E-state index contributed by atoms with van der Waals surface area (Å²) in [6, 6.07) is 5.71. The van der Waals surface area contributed by atoms with Gasteiger partial charge in [-0.15, -0.1) is 0 Å². The lowest BCUT2D eigenvalue weighted by atomic mass is 9.83. The quantitative estimate of drug-likeness (QED) is 0.777. The van der Waals surface area contributed by atoms with E-state index in [1.54, 1.807) is 6.20 Å². The second-order valence-electron chi connectivity index (χ2n) is 6.11. The van der Waals surface area contributed by atoms with E-state index in [-0.39, 0.29) is 0 Å². The molecule has 0 aromatic carbocycles. The summed E-state index contributed by atoms with van der Waals surface area (Å²) in [5, 5.41) is 0. The summed E-state index contributed by atoms with van der Waals surface area (Å²) in [5.74, 6) is 0.742. The Bertz CT molecular complexity index is 351. The number of carbonyl (C=O) groups excluding carboxylic acids is 1. The average molecular weight is 233 g/mol. The summed E-state index contributed by atoms with van der Waals surface area (Å²) >= 11 is 0. The lowest BCUT2D eigenvalue weighted by molar-refractivity contribution is -0.119. The summed E-state index contributed by atoms with van der Waals surface area (Å²) in [5.41, 5.74) is 1.17. The summed E-state index contributed by atoms with van der Waals surface area (Å²) in [6.45, 7) is 8.80. The number of hydrogen-bond acceptors (Lipinski definition) is 2. The van der Waals surface area contributed by atoms with E-state index in [0.29, 0.717) is 30.0 Å². The number of pyridine rings is 1. The van der Waals surface area contributed by atoms with Crippen LogP contribution in [0.25, 0.3) is 0 Å². The number of Topliss-reactive ketones (excluding diaryl/α,β-unsaturated/α-hetero) is 1. The van der Waals surface area contributed by atoms with Crippen molar-refractivity contribution in [3.8, 4) is 0 Å². The van der Waals surface area contributed by atoms with Gasteiger partial charge in [-0.25, -0.2) is 0 Å². The van der Waals surface area contributed by atoms with E-state index in [2.05, 4.69) is 32.7 Å². The van der Waals surface area contributed by atoms with Crippen molar-refractivity contribution in [2.75, 3.05) is 0 Å². The number of aromatic nitrogens is 1. The van der Waals surface area contributed by atoms with Crippen molar-refractivity contribution < 1.29 is 4.79 Å². The van der Waals surface area contributed by atoms with E-state index >= 15 is 0 Å².